The van der Waals surface area contributed by atoms with Crippen molar-refractivity contribution in [1.82, 2.24) is 15.2 Å². The van der Waals surface area contributed by atoms with Gasteiger partial charge in [0.15, 0.2) is 0 Å². The molecule has 0 amide bonds. The lowest BCUT2D eigenvalue weighted by Gasteiger charge is -2.16. The standard InChI is InChI=1S/C34H30N4O2/c1-23-31-19-25(15-16-33(31)38-37-23)32-20-30(39-22-27(35)17-24-9-4-2-5-10-24)21-36-34(32)26-11-8-14-29(18-26)40-28-12-6-3-7-13-28/h2-16,18-21,27H,17,22,35H2,1H3,(H,37,38)/t27-/m0/s1. The van der Waals surface area contributed by atoms with E-state index in [-0.39, 0.29) is 6.04 Å². The topological polar surface area (TPSA) is 86.0 Å². The van der Waals surface area contributed by atoms with Gasteiger partial charge in [0.05, 0.1) is 23.1 Å². The number of pyridine rings is 1. The van der Waals surface area contributed by atoms with E-state index in [2.05, 4.69) is 34.5 Å². The first kappa shape index (κ1) is 25.3. The zero-order valence-corrected chi connectivity index (χ0v) is 22.2. The third-order valence-corrected chi connectivity index (χ3v) is 6.82. The Kier molecular flexibility index (Phi) is 7.24. The van der Waals surface area contributed by atoms with Gasteiger partial charge in [-0.05, 0) is 66.9 Å². The Bertz CT molecular complexity index is 1730. The zero-order valence-electron chi connectivity index (χ0n) is 22.2. The van der Waals surface area contributed by atoms with Crippen molar-refractivity contribution >= 4 is 10.9 Å². The lowest BCUT2D eigenvalue weighted by molar-refractivity contribution is 0.287. The quantitative estimate of drug-likeness (QED) is 0.206. The lowest BCUT2D eigenvalue weighted by atomic mass is 9.97. The minimum absolute atomic E-state index is 0.137. The maximum Gasteiger partial charge on any atom is 0.138 e. The van der Waals surface area contributed by atoms with Crippen molar-refractivity contribution < 1.29 is 9.47 Å². The molecule has 0 aliphatic carbocycles. The number of rotatable bonds is 9. The van der Waals surface area contributed by atoms with Crippen molar-refractivity contribution in [3.8, 4) is 39.6 Å². The van der Waals surface area contributed by atoms with Crippen LogP contribution in [0.1, 0.15) is 11.3 Å². The lowest BCUT2D eigenvalue weighted by Crippen LogP contribution is -2.30. The number of aromatic nitrogens is 3. The number of aryl methyl sites for hydroxylation is 1. The number of H-pyrrole nitrogens is 1. The second-order valence-electron chi connectivity index (χ2n) is 9.84. The highest BCUT2D eigenvalue weighted by molar-refractivity contribution is 5.90. The minimum Gasteiger partial charge on any atom is -0.490 e. The number of benzene rings is 4. The van der Waals surface area contributed by atoms with Crippen molar-refractivity contribution in [2.45, 2.75) is 19.4 Å². The van der Waals surface area contributed by atoms with Crippen LogP contribution < -0.4 is 15.2 Å². The van der Waals surface area contributed by atoms with Crippen molar-refractivity contribution in [2.24, 2.45) is 5.73 Å². The summed E-state index contributed by atoms with van der Waals surface area (Å²) in [5.41, 5.74) is 13.3. The largest absolute Gasteiger partial charge is 0.490 e. The Balaban J connectivity index is 1.33. The number of nitrogens with two attached hydrogens (primary N) is 1. The first-order valence-electron chi connectivity index (χ1n) is 13.3. The molecule has 6 nitrogen and oxygen atoms in total. The van der Waals surface area contributed by atoms with Gasteiger partial charge >= 0.3 is 0 Å². The van der Waals surface area contributed by atoms with E-state index in [1.54, 1.807) is 6.20 Å². The van der Waals surface area contributed by atoms with Crippen LogP contribution in [0.5, 0.6) is 17.2 Å². The molecule has 1 atom stereocenters. The SMILES string of the molecule is Cc1n[nH]c2ccc(-c3cc(OC[C@@H](N)Cc4ccccc4)cnc3-c3cccc(Oc4ccccc4)c3)cc12. The van der Waals surface area contributed by atoms with Gasteiger partial charge in [0.2, 0.25) is 0 Å². The Morgan fingerprint density at radius 3 is 2.38 bits per heavy atom. The molecule has 4 aromatic carbocycles. The summed E-state index contributed by atoms with van der Waals surface area (Å²) in [5.74, 6) is 2.19. The van der Waals surface area contributed by atoms with Crippen LogP contribution in [0, 0.1) is 6.92 Å². The molecule has 2 aromatic heterocycles. The number of fused-ring (bicyclic) bond motifs is 1. The van der Waals surface area contributed by atoms with E-state index in [0.717, 1.165) is 56.9 Å². The first-order valence-corrected chi connectivity index (χ1v) is 13.3. The summed E-state index contributed by atoms with van der Waals surface area (Å²) in [6.45, 7) is 2.38. The van der Waals surface area contributed by atoms with E-state index >= 15 is 0 Å². The monoisotopic (exact) mass is 526 g/mol. The molecule has 198 valence electrons. The summed E-state index contributed by atoms with van der Waals surface area (Å²) >= 11 is 0. The molecular formula is C34H30N4O2. The van der Waals surface area contributed by atoms with E-state index in [1.807, 2.05) is 91.9 Å². The molecule has 0 saturated carbocycles. The molecule has 0 aliphatic rings. The molecule has 0 bridgehead atoms. The third-order valence-electron chi connectivity index (χ3n) is 6.82. The average Bonchev–Trinajstić information content (AvgIpc) is 3.37. The summed E-state index contributed by atoms with van der Waals surface area (Å²) < 4.78 is 12.3. The molecule has 0 spiro atoms. The predicted octanol–water partition coefficient (Wildman–Crippen LogP) is 7.34. The number of para-hydroxylation sites is 1. The highest BCUT2D eigenvalue weighted by atomic mass is 16.5. The van der Waals surface area contributed by atoms with Crippen LogP contribution in [0.15, 0.2) is 115 Å². The molecule has 6 heteroatoms. The summed E-state index contributed by atoms with van der Waals surface area (Å²) in [6.07, 6.45) is 2.50. The molecule has 6 rings (SSSR count). The molecule has 3 N–H and O–H groups in total. The maximum atomic E-state index is 6.40. The number of ether oxygens (including phenoxy) is 2. The van der Waals surface area contributed by atoms with E-state index in [9.17, 15) is 0 Å². The first-order chi connectivity index (χ1) is 19.6. The fourth-order valence-electron chi connectivity index (χ4n) is 4.80. The van der Waals surface area contributed by atoms with Crippen LogP contribution in [0.3, 0.4) is 0 Å². The van der Waals surface area contributed by atoms with Gasteiger partial charge < -0.3 is 15.2 Å². The summed E-state index contributed by atoms with van der Waals surface area (Å²) in [6, 6.07) is 36.1. The molecule has 0 saturated heterocycles. The molecule has 0 radical (unpaired) electrons. The van der Waals surface area contributed by atoms with Gasteiger partial charge in [0.1, 0.15) is 23.9 Å². The Morgan fingerprint density at radius 1 is 0.775 bits per heavy atom. The second-order valence-corrected chi connectivity index (χ2v) is 9.84. The van der Waals surface area contributed by atoms with Crippen LogP contribution >= 0.6 is 0 Å². The van der Waals surface area contributed by atoms with Crippen LogP contribution in [-0.2, 0) is 6.42 Å². The van der Waals surface area contributed by atoms with E-state index in [4.69, 9.17) is 20.2 Å². The van der Waals surface area contributed by atoms with Gasteiger partial charge in [-0.15, -0.1) is 0 Å². The van der Waals surface area contributed by atoms with Gasteiger partial charge in [-0.25, -0.2) is 0 Å². The summed E-state index contributed by atoms with van der Waals surface area (Å²) in [7, 11) is 0. The number of nitrogens with zero attached hydrogens (tertiary/aromatic N) is 2. The highest BCUT2D eigenvalue weighted by Gasteiger charge is 2.15. The zero-order chi connectivity index (χ0) is 27.3. The fraction of sp³-hybridized carbons (Fsp3) is 0.118. The van der Waals surface area contributed by atoms with Crippen LogP contribution in [0.25, 0.3) is 33.3 Å². The van der Waals surface area contributed by atoms with E-state index in [0.29, 0.717) is 12.4 Å². The molecule has 2 heterocycles. The Morgan fingerprint density at radius 2 is 1.55 bits per heavy atom. The molecule has 0 fully saturated rings. The van der Waals surface area contributed by atoms with Crippen molar-refractivity contribution in [2.75, 3.05) is 6.61 Å². The molecular weight excluding hydrogens is 496 g/mol. The van der Waals surface area contributed by atoms with Gasteiger partial charge in [0, 0.05) is 22.6 Å². The third kappa shape index (κ3) is 5.72. The van der Waals surface area contributed by atoms with Gasteiger partial charge in [-0.1, -0.05) is 66.7 Å². The van der Waals surface area contributed by atoms with Gasteiger partial charge in [0.25, 0.3) is 0 Å². The average molecular weight is 527 g/mol. The number of hydrogen-bond donors (Lipinski definition) is 2. The van der Waals surface area contributed by atoms with Crippen LogP contribution in [-0.4, -0.2) is 27.8 Å². The maximum absolute atomic E-state index is 6.40. The molecule has 6 aromatic rings. The fourth-order valence-corrected chi connectivity index (χ4v) is 4.80. The van der Waals surface area contributed by atoms with Crippen molar-refractivity contribution in [3.63, 3.8) is 0 Å². The van der Waals surface area contributed by atoms with E-state index in [1.165, 1.54) is 5.56 Å². The number of hydrogen-bond acceptors (Lipinski definition) is 5. The number of nitrogens with one attached hydrogen (secondary N) is 1. The Labute approximate surface area is 233 Å². The van der Waals surface area contributed by atoms with Gasteiger partial charge in [-0.2, -0.15) is 5.10 Å². The highest BCUT2D eigenvalue weighted by Crippen LogP contribution is 2.36. The van der Waals surface area contributed by atoms with Crippen LogP contribution in [0.4, 0.5) is 0 Å². The van der Waals surface area contributed by atoms with E-state index < -0.39 is 0 Å². The molecule has 40 heavy (non-hydrogen) atoms. The number of aromatic amines is 1. The summed E-state index contributed by atoms with van der Waals surface area (Å²) in [5, 5.41) is 8.52. The minimum atomic E-state index is -0.137. The summed E-state index contributed by atoms with van der Waals surface area (Å²) in [4.78, 5) is 4.88. The second kappa shape index (κ2) is 11.4. The van der Waals surface area contributed by atoms with Gasteiger partial charge in [-0.3, -0.25) is 10.1 Å². The van der Waals surface area contributed by atoms with Crippen molar-refractivity contribution in [3.05, 3.63) is 127 Å². The van der Waals surface area contributed by atoms with Crippen molar-refractivity contribution in [1.29, 1.82) is 0 Å². The normalized spacial score (nSPS) is 11.8. The Hall–Kier alpha value is -4.94. The molecule has 0 aliphatic heterocycles. The predicted molar refractivity (Wildman–Crippen MR) is 160 cm³/mol. The smallest absolute Gasteiger partial charge is 0.138 e. The molecule has 0 unspecified atom stereocenters. The van der Waals surface area contributed by atoms with Crippen LogP contribution in [0.2, 0.25) is 0 Å².